The van der Waals surface area contributed by atoms with Crippen molar-refractivity contribution >= 4 is 32.9 Å². The van der Waals surface area contributed by atoms with Crippen LogP contribution in [0.25, 0.3) is 16.7 Å². The van der Waals surface area contributed by atoms with Gasteiger partial charge in [-0.05, 0) is 61.5 Å². The molecular formula is C20H16BrN3O2. The minimum absolute atomic E-state index is 0.154. The second kappa shape index (κ2) is 6.80. The van der Waals surface area contributed by atoms with E-state index in [-0.39, 0.29) is 5.91 Å². The van der Waals surface area contributed by atoms with Crippen molar-refractivity contribution in [1.82, 2.24) is 14.9 Å². The van der Waals surface area contributed by atoms with Crippen molar-refractivity contribution in [3.05, 3.63) is 82.5 Å². The summed E-state index contributed by atoms with van der Waals surface area (Å²) < 4.78 is 8.34. The number of hydrogen-bond acceptors (Lipinski definition) is 3. The van der Waals surface area contributed by atoms with Crippen molar-refractivity contribution < 1.29 is 9.21 Å². The Kier molecular flexibility index (Phi) is 4.34. The number of rotatable bonds is 4. The Morgan fingerprint density at radius 3 is 2.73 bits per heavy atom. The number of fused-ring (bicyclic) bond motifs is 1. The molecule has 0 saturated heterocycles. The lowest BCUT2D eigenvalue weighted by molar-refractivity contribution is 0.0948. The lowest BCUT2D eigenvalue weighted by Crippen LogP contribution is -2.22. The molecule has 0 spiro atoms. The molecule has 26 heavy (non-hydrogen) atoms. The van der Waals surface area contributed by atoms with Crippen LogP contribution in [0.5, 0.6) is 0 Å². The molecule has 0 aliphatic rings. The molecule has 6 heteroatoms. The molecule has 0 atom stereocenters. The van der Waals surface area contributed by atoms with E-state index in [4.69, 9.17) is 4.42 Å². The van der Waals surface area contributed by atoms with Crippen LogP contribution < -0.4 is 5.32 Å². The number of nitrogens with zero attached hydrogens (tertiary/aromatic N) is 2. The first kappa shape index (κ1) is 16.6. The number of aromatic nitrogens is 2. The number of aryl methyl sites for hydroxylation is 1. The van der Waals surface area contributed by atoms with Gasteiger partial charge in [0.05, 0.1) is 23.8 Å². The van der Waals surface area contributed by atoms with Crippen molar-refractivity contribution in [2.45, 2.75) is 13.5 Å². The van der Waals surface area contributed by atoms with Crippen LogP contribution in [-0.2, 0) is 6.54 Å². The summed E-state index contributed by atoms with van der Waals surface area (Å²) in [6, 6.07) is 17.2. The Hall–Kier alpha value is -2.86. The van der Waals surface area contributed by atoms with E-state index >= 15 is 0 Å². The molecule has 0 bridgehead atoms. The highest BCUT2D eigenvalue weighted by Gasteiger charge is 2.13. The topological polar surface area (TPSA) is 60.1 Å². The van der Waals surface area contributed by atoms with Gasteiger partial charge in [-0.25, -0.2) is 4.98 Å². The van der Waals surface area contributed by atoms with Gasteiger partial charge >= 0.3 is 0 Å². The number of hydrogen-bond donors (Lipinski definition) is 1. The van der Waals surface area contributed by atoms with Gasteiger partial charge in [-0.3, -0.25) is 9.36 Å². The van der Waals surface area contributed by atoms with Gasteiger partial charge < -0.3 is 9.73 Å². The Morgan fingerprint density at radius 2 is 2.00 bits per heavy atom. The molecule has 0 radical (unpaired) electrons. The van der Waals surface area contributed by atoms with Crippen molar-refractivity contribution in [1.29, 1.82) is 0 Å². The summed E-state index contributed by atoms with van der Waals surface area (Å²) in [4.78, 5) is 17.0. The quantitative estimate of drug-likeness (QED) is 0.534. The molecule has 0 aliphatic carbocycles. The average molecular weight is 410 g/mol. The largest absolute Gasteiger partial charge is 0.467 e. The average Bonchev–Trinajstić information content (AvgIpc) is 3.27. The molecule has 1 amide bonds. The smallest absolute Gasteiger partial charge is 0.251 e. The third kappa shape index (κ3) is 3.15. The van der Waals surface area contributed by atoms with Gasteiger partial charge in [-0.15, -0.1) is 0 Å². The number of furan rings is 1. The van der Waals surface area contributed by atoms with Gasteiger partial charge in [0, 0.05) is 15.7 Å². The van der Waals surface area contributed by atoms with Crippen LogP contribution in [0.3, 0.4) is 0 Å². The van der Waals surface area contributed by atoms with Gasteiger partial charge in [0.15, 0.2) is 0 Å². The van der Waals surface area contributed by atoms with Gasteiger partial charge in [-0.1, -0.05) is 15.9 Å². The molecule has 0 fully saturated rings. The highest BCUT2D eigenvalue weighted by atomic mass is 79.9. The van der Waals surface area contributed by atoms with Gasteiger partial charge in [0.25, 0.3) is 5.91 Å². The van der Waals surface area contributed by atoms with E-state index in [2.05, 4.69) is 30.8 Å². The summed E-state index contributed by atoms with van der Waals surface area (Å²) >= 11 is 3.46. The van der Waals surface area contributed by atoms with E-state index in [1.165, 1.54) is 0 Å². The van der Waals surface area contributed by atoms with E-state index in [9.17, 15) is 4.79 Å². The summed E-state index contributed by atoms with van der Waals surface area (Å²) in [6.45, 7) is 2.31. The molecule has 2 aromatic heterocycles. The molecule has 4 rings (SSSR count). The summed E-state index contributed by atoms with van der Waals surface area (Å²) in [6.07, 6.45) is 1.59. The maximum atomic E-state index is 12.4. The van der Waals surface area contributed by atoms with Crippen LogP contribution >= 0.6 is 15.9 Å². The number of imidazole rings is 1. The van der Waals surface area contributed by atoms with E-state index in [1.54, 1.807) is 12.3 Å². The summed E-state index contributed by atoms with van der Waals surface area (Å²) in [5.74, 6) is 1.43. The number of benzene rings is 2. The van der Waals surface area contributed by atoms with Crippen molar-refractivity contribution in [3.8, 4) is 5.69 Å². The number of amides is 1. The van der Waals surface area contributed by atoms with Crippen LogP contribution in [0.4, 0.5) is 0 Å². The molecule has 4 aromatic rings. The van der Waals surface area contributed by atoms with Crippen LogP contribution in [0, 0.1) is 6.92 Å². The Morgan fingerprint density at radius 1 is 1.19 bits per heavy atom. The van der Waals surface area contributed by atoms with Gasteiger partial charge in [0.2, 0.25) is 0 Å². The first-order valence-electron chi connectivity index (χ1n) is 8.17. The van der Waals surface area contributed by atoms with Crippen LogP contribution in [-0.4, -0.2) is 15.5 Å². The maximum Gasteiger partial charge on any atom is 0.251 e. The number of nitrogens with one attached hydrogen (secondary N) is 1. The molecule has 0 aliphatic heterocycles. The van der Waals surface area contributed by atoms with E-state index in [0.717, 1.165) is 32.8 Å². The zero-order valence-corrected chi connectivity index (χ0v) is 15.7. The SMILES string of the molecule is Cc1nc2cc(C(=O)NCc3ccco3)ccc2n1-c1ccc(Br)cc1. The third-order valence-electron chi connectivity index (χ3n) is 4.17. The fourth-order valence-electron chi connectivity index (χ4n) is 2.94. The second-order valence-electron chi connectivity index (χ2n) is 5.94. The minimum atomic E-state index is -0.154. The van der Waals surface area contributed by atoms with E-state index < -0.39 is 0 Å². The van der Waals surface area contributed by atoms with Crippen molar-refractivity contribution in [2.75, 3.05) is 0 Å². The number of carbonyl (C=O) groups excluding carboxylic acids is 1. The third-order valence-corrected chi connectivity index (χ3v) is 4.70. The molecule has 2 heterocycles. The summed E-state index contributed by atoms with van der Waals surface area (Å²) in [7, 11) is 0. The Bertz CT molecular complexity index is 1070. The van der Waals surface area contributed by atoms with Crippen LogP contribution in [0.1, 0.15) is 21.9 Å². The fraction of sp³-hybridized carbons (Fsp3) is 0.100. The summed E-state index contributed by atoms with van der Waals surface area (Å²) in [5, 5.41) is 2.85. The van der Waals surface area contributed by atoms with E-state index in [0.29, 0.717) is 12.1 Å². The molecule has 130 valence electrons. The maximum absolute atomic E-state index is 12.4. The highest BCUT2D eigenvalue weighted by molar-refractivity contribution is 9.10. The number of halogens is 1. The molecular weight excluding hydrogens is 394 g/mol. The lowest BCUT2D eigenvalue weighted by Gasteiger charge is -2.07. The predicted molar refractivity (Wildman–Crippen MR) is 103 cm³/mol. The molecule has 0 unspecified atom stereocenters. The van der Waals surface area contributed by atoms with Gasteiger partial charge in [0.1, 0.15) is 11.6 Å². The molecule has 5 nitrogen and oxygen atoms in total. The summed E-state index contributed by atoms with van der Waals surface area (Å²) in [5.41, 5.74) is 3.36. The predicted octanol–water partition coefficient (Wildman–Crippen LogP) is 4.62. The van der Waals surface area contributed by atoms with Crippen LogP contribution in [0.15, 0.2) is 69.8 Å². The minimum Gasteiger partial charge on any atom is -0.467 e. The van der Waals surface area contributed by atoms with Crippen molar-refractivity contribution in [3.63, 3.8) is 0 Å². The first-order chi connectivity index (χ1) is 12.6. The number of carbonyl (C=O) groups is 1. The molecule has 1 N–H and O–H groups in total. The van der Waals surface area contributed by atoms with Crippen molar-refractivity contribution in [2.24, 2.45) is 0 Å². The first-order valence-corrected chi connectivity index (χ1v) is 8.97. The molecule has 2 aromatic carbocycles. The lowest BCUT2D eigenvalue weighted by atomic mass is 10.2. The van der Waals surface area contributed by atoms with Gasteiger partial charge in [-0.2, -0.15) is 0 Å². The fourth-order valence-corrected chi connectivity index (χ4v) is 3.20. The second-order valence-corrected chi connectivity index (χ2v) is 6.85. The van der Waals surface area contributed by atoms with E-state index in [1.807, 2.05) is 55.5 Å². The molecule has 0 saturated carbocycles. The monoisotopic (exact) mass is 409 g/mol. The Labute approximate surface area is 158 Å². The normalized spacial score (nSPS) is 11.0. The standard InChI is InChI=1S/C20H16BrN3O2/c1-13-23-18-11-14(20(25)22-12-17-3-2-10-26-17)4-9-19(18)24(13)16-7-5-15(21)6-8-16/h2-11H,12H2,1H3,(H,22,25). The zero-order chi connectivity index (χ0) is 18.1. The Balaban J connectivity index is 1.64. The van der Waals surface area contributed by atoms with Crippen LogP contribution in [0.2, 0.25) is 0 Å². The zero-order valence-electron chi connectivity index (χ0n) is 14.1. The highest BCUT2D eigenvalue weighted by Crippen LogP contribution is 2.23.